The van der Waals surface area contributed by atoms with Crippen molar-refractivity contribution in [2.24, 2.45) is 11.8 Å². The molecule has 2 amide bonds. The van der Waals surface area contributed by atoms with Crippen molar-refractivity contribution in [3.8, 4) is 5.75 Å². The second-order valence-electron chi connectivity index (χ2n) is 10.7. The highest BCUT2D eigenvalue weighted by Gasteiger charge is 2.32. The van der Waals surface area contributed by atoms with Gasteiger partial charge in [0.25, 0.3) is 0 Å². The van der Waals surface area contributed by atoms with Gasteiger partial charge in [-0.1, -0.05) is 30.3 Å². The first-order valence-corrected chi connectivity index (χ1v) is 14.2. The van der Waals surface area contributed by atoms with Gasteiger partial charge in [-0.05, 0) is 54.9 Å². The molecule has 3 aliphatic heterocycles. The number of nitrogens with one attached hydrogen (secondary N) is 3. The van der Waals surface area contributed by atoms with Crippen LogP contribution < -0.4 is 25.6 Å². The zero-order valence-electron chi connectivity index (χ0n) is 22.3. The van der Waals surface area contributed by atoms with Crippen LogP contribution >= 0.6 is 0 Å². The number of fused-ring (bicyclic) bond motifs is 3. The summed E-state index contributed by atoms with van der Waals surface area (Å²) in [6.07, 6.45) is 3.23. The number of hydrogen-bond donors (Lipinski definition) is 3. The molecule has 3 heterocycles. The molecule has 3 N–H and O–H groups in total. The highest BCUT2D eigenvalue weighted by Crippen LogP contribution is 2.31. The van der Waals surface area contributed by atoms with Gasteiger partial charge in [0.1, 0.15) is 5.75 Å². The molecule has 2 atom stereocenters. The van der Waals surface area contributed by atoms with Crippen molar-refractivity contribution in [3.05, 3.63) is 59.7 Å². The Morgan fingerprint density at radius 3 is 2.66 bits per heavy atom. The minimum absolute atomic E-state index is 0.0914. The zero-order valence-corrected chi connectivity index (χ0v) is 22.3. The highest BCUT2D eigenvalue weighted by atomic mass is 16.5. The van der Waals surface area contributed by atoms with E-state index < -0.39 is 0 Å². The minimum Gasteiger partial charge on any atom is -0.493 e. The Kier molecular flexibility index (Phi) is 9.15. The molecular formula is C30H41N5O3. The Hall–Kier alpha value is -3.10. The van der Waals surface area contributed by atoms with E-state index in [-0.39, 0.29) is 17.7 Å². The number of rotatable bonds is 5. The van der Waals surface area contributed by atoms with E-state index in [0.717, 1.165) is 68.9 Å². The van der Waals surface area contributed by atoms with E-state index >= 15 is 0 Å². The Bertz CT molecular complexity index is 1070. The zero-order chi connectivity index (χ0) is 26.2. The average Bonchev–Trinajstić information content (AvgIpc) is 2.97. The molecule has 2 aromatic carbocycles. The minimum atomic E-state index is 0.0914. The number of amides is 2. The van der Waals surface area contributed by atoms with Crippen molar-refractivity contribution in [2.45, 2.75) is 38.8 Å². The van der Waals surface area contributed by atoms with E-state index in [1.54, 1.807) is 0 Å². The Balaban J connectivity index is 1.21. The number of anilines is 1. The van der Waals surface area contributed by atoms with Crippen molar-refractivity contribution in [1.82, 2.24) is 20.9 Å². The van der Waals surface area contributed by atoms with Crippen LogP contribution in [0.4, 0.5) is 5.69 Å². The lowest BCUT2D eigenvalue weighted by atomic mass is 9.80. The van der Waals surface area contributed by atoms with Gasteiger partial charge in [-0.2, -0.15) is 0 Å². The van der Waals surface area contributed by atoms with Gasteiger partial charge < -0.3 is 30.5 Å². The topological polar surface area (TPSA) is 85.9 Å². The molecule has 2 aromatic rings. The molecule has 38 heavy (non-hydrogen) atoms. The lowest BCUT2D eigenvalue weighted by Gasteiger charge is -2.38. The largest absolute Gasteiger partial charge is 0.493 e. The number of hydrogen-bond acceptors (Lipinski definition) is 6. The van der Waals surface area contributed by atoms with Crippen molar-refractivity contribution in [3.63, 3.8) is 0 Å². The Labute approximate surface area is 226 Å². The third-order valence-electron chi connectivity index (χ3n) is 8.12. The fourth-order valence-electron chi connectivity index (χ4n) is 5.92. The Morgan fingerprint density at radius 1 is 0.974 bits per heavy atom. The molecule has 8 heteroatoms. The summed E-state index contributed by atoms with van der Waals surface area (Å²) in [5, 5.41) is 9.86. The molecular weight excluding hydrogens is 478 g/mol. The van der Waals surface area contributed by atoms with Crippen LogP contribution in [0.5, 0.6) is 5.75 Å². The predicted molar refractivity (Wildman–Crippen MR) is 149 cm³/mol. The Morgan fingerprint density at radius 2 is 1.82 bits per heavy atom. The molecule has 0 aliphatic carbocycles. The molecule has 204 valence electrons. The monoisotopic (exact) mass is 519 g/mol. The lowest BCUT2D eigenvalue weighted by Crippen LogP contribution is -2.47. The fourth-order valence-corrected chi connectivity index (χ4v) is 5.92. The lowest BCUT2D eigenvalue weighted by molar-refractivity contribution is -0.133. The predicted octanol–water partition coefficient (Wildman–Crippen LogP) is 2.53. The molecule has 0 aromatic heterocycles. The number of carbonyl (C=O) groups excluding carboxylic acids is 2. The normalized spacial score (nSPS) is 22.8. The van der Waals surface area contributed by atoms with Crippen LogP contribution in [0.2, 0.25) is 0 Å². The number of nitrogens with zero attached hydrogens (tertiary/aromatic N) is 2. The summed E-state index contributed by atoms with van der Waals surface area (Å²) in [5.41, 5.74) is 3.41. The van der Waals surface area contributed by atoms with Gasteiger partial charge in [-0.3, -0.25) is 9.59 Å². The van der Waals surface area contributed by atoms with Gasteiger partial charge in [-0.25, -0.2) is 0 Å². The second-order valence-corrected chi connectivity index (χ2v) is 10.7. The van der Waals surface area contributed by atoms with E-state index in [2.05, 4.69) is 39.0 Å². The molecule has 0 spiro atoms. The molecule has 0 unspecified atom stereocenters. The van der Waals surface area contributed by atoms with Gasteiger partial charge in [0, 0.05) is 70.0 Å². The van der Waals surface area contributed by atoms with Gasteiger partial charge >= 0.3 is 0 Å². The molecule has 8 nitrogen and oxygen atoms in total. The quantitative estimate of drug-likeness (QED) is 0.563. The van der Waals surface area contributed by atoms with E-state index in [9.17, 15) is 9.59 Å². The van der Waals surface area contributed by atoms with Gasteiger partial charge in [0.2, 0.25) is 11.8 Å². The van der Waals surface area contributed by atoms with E-state index in [1.165, 1.54) is 5.69 Å². The maximum atomic E-state index is 13.1. The molecule has 2 saturated heterocycles. The van der Waals surface area contributed by atoms with Crippen molar-refractivity contribution in [1.29, 1.82) is 0 Å². The van der Waals surface area contributed by atoms with Crippen LogP contribution in [-0.2, 0) is 22.7 Å². The summed E-state index contributed by atoms with van der Waals surface area (Å²) in [7, 11) is 0. The third-order valence-corrected chi connectivity index (χ3v) is 8.12. The van der Waals surface area contributed by atoms with E-state index in [1.807, 2.05) is 35.2 Å². The van der Waals surface area contributed by atoms with Crippen molar-refractivity contribution >= 4 is 17.5 Å². The molecule has 2 fully saturated rings. The van der Waals surface area contributed by atoms with Crippen LogP contribution in [0.3, 0.4) is 0 Å². The number of piperazine rings is 1. The van der Waals surface area contributed by atoms with E-state index in [4.69, 9.17) is 4.74 Å². The number of piperidine rings is 1. The summed E-state index contributed by atoms with van der Waals surface area (Å²) in [6, 6.07) is 16.4. The summed E-state index contributed by atoms with van der Waals surface area (Å²) in [6.45, 7) is 7.51. The van der Waals surface area contributed by atoms with Crippen molar-refractivity contribution < 1.29 is 14.3 Å². The SMILES string of the molecule is O=C(C[C@@H]1CCN2C[C@@H]1CCCOc1ccc(N3CCNCC3)cc1CNCC2=O)NCc1ccccc1. The standard InChI is InChI=1S/C30H41N5O3/c36-29(33-19-23-5-2-1-3-6-23)18-24-10-13-35-22-25(24)7-4-16-38-28-9-8-27(34-14-11-31-12-15-34)17-26(28)20-32-21-30(35)37/h1-3,5-6,8-9,17,24-25,31-32H,4,7,10-16,18-22H2,(H,33,36)/t24-,25-/m0/s1. The highest BCUT2D eigenvalue weighted by molar-refractivity contribution is 5.79. The summed E-state index contributed by atoms with van der Waals surface area (Å²) < 4.78 is 6.26. The van der Waals surface area contributed by atoms with Crippen molar-refractivity contribution in [2.75, 3.05) is 57.3 Å². The van der Waals surface area contributed by atoms with E-state index in [0.29, 0.717) is 45.1 Å². The van der Waals surface area contributed by atoms with Crippen LogP contribution in [0, 0.1) is 11.8 Å². The second kappa shape index (κ2) is 13.1. The number of carbonyl (C=O) groups is 2. The maximum Gasteiger partial charge on any atom is 0.236 e. The summed E-state index contributed by atoms with van der Waals surface area (Å²) in [5.74, 6) is 1.70. The average molecular weight is 520 g/mol. The number of benzene rings is 2. The van der Waals surface area contributed by atoms with Crippen LogP contribution in [0.1, 0.15) is 36.8 Å². The molecule has 0 saturated carbocycles. The molecule has 0 radical (unpaired) electrons. The molecule has 3 aliphatic rings. The van der Waals surface area contributed by atoms with Crippen LogP contribution in [-0.4, -0.2) is 69.1 Å². The summed E-state index contributed by atoms with van der Waals surface area (Å²) in [4.78, 5) is 30.2. The first kappa shape index (κ1) is 26.5. The maximum absolute atomic E-state index is 13.1. The summed E-state index contributed by atoms with van der Waals surface area (Å²) >= 11 is 0. The van der Waals surface area contributed by atoms with Gasteiger partial charge in [-0.15, -0.1) is 0 Å². The fraction of sp³-hybridized carbons (Fsp3) is 0.533. The molecule has 2 bridgehead atoms. The van der Waals surface area contributed by atoms with Gasteiger partial charge in [0.05, 0.1) is 13.2 Å². The van der Waals surface area contributed by atoms with Gasteiger partial charge in [0.15, 0.2) is 0 Å². The first-order chi connectivity index (χ1) is 18.7. The number of ether oxygens (including phenoxy) is 1. The molecule has 5 rings (SSSR count). The third kappa shape index (κ3) is 7.05. The first-order valence-electron chi connectivity index (χ1n) is 14.2. The van der Waals surface area contributed by atoms with Crippen LogP contribution in [0.15, 0.2) is 48.5 Å². The van der Waals surface area contributed by atoms with Crippen LogP contribution in [0.25, 0.3) is 0 Å². The smallest absolute Gasteiger partial charge is 0.236 e.